The van der Waals surface area contributed by atoms with Gasteiger partial charge in [0, 0.05) is 18.8 Å². The minimum absolute atomic E-state index is 0.242. The topological polar surface area (TPSA) is 51.0 Å². The van der Waals surface area contributed by atoms with Crippen molar-refractivity contribution in [1.29, 1.82) is 0 Å². The van der Waals surface area contributed by atoms with Crippen LogP contribution in [0.4, 0.5) is 0 Å². The first-order valence-electron chi connectivity index (χ1n) is 8.37. The van der Waals surface area contributed by atoms with E-state index in [1.54, 1.807) is 12.7 Å². The third-order valence-corrected chi connectivity index (χ3v) is 5.30. The van der Waals surface area contributed by atoms with Crippen LogP contribution in [0.15, 0.2) is 36.9 Å². The Labute approximate surface area is 137 Å². The van der Waals surface area contributed by atoms with Crippen LogP contribution in [0.2, 0.25) is 0 Å². The SMILES string of the molecule is CCC1(CC)CCN(C(=O)Cc2ccc(-n3cnnc3)cc2)C1. The van der Waals surface area contributed by atoms with Crippen molar-refractivity contribution in [2.75, 3.05) is 13.1 Å². The number of amides is 1. The summed E-state index contributed by atoms with van der Waals surface area (Å²) in [6.45, 7) is 6.29. The number of nitrogens with zero attached hydrogens (tertiary/aromatic N) is 4. The highest BCUT2D eigenvalue weighted by Gasteiger charge is 2.36. The lowest BCUT2D eigenvalue weighted by atomic mass is 9.82. The number of benzene rings is 1. The van der Waals surface area contributed by atoms with Gasteiger partial charge in [-0.25, -0.2) is 0 Å². The number of carbonyl (C=O) groups is 1. The number of hydrogen-bond donors (Lipinski definition) is 0. The van der Waals surface area contributed by atoms with E-state index in [4.69, 9.17) is 0 Å². The summed E-state index contributed by atoms with van der Waals surface area (Å²) in [5, 5.41) is 7.61. The maximum absolute atomic E-state index is 12.5. The van der Waals surface area contributed by atoms with Crippen LogP contribution in [0.3, 0.4) is 0 Å². The average molecular weight is 312 g/mol. The van der Waals surface area contributed by atoms with Crippen LogP contribution in [0, 0.1) is 5.41 Å². The fraction of sp³-hybridized carbons (Fsp3) is 0.500. The fourth-order valence-corrected chi connectivity index (χ4v) is 3.38. The normalized spacial score (nSPS) is 16.7. The molecule has 0 radical (unpaired) electrons. The molecule has 122 valence electrons. The lowest BCUT2D eigenvalue weighted by Gasteiger charge is -2.26. The molecule has 1 fully saturated rings. The molecule has 3 rings (SSSR count). The Kier molecular flexibility index (Phi) is 4.46. The van der Waals surface area contributed by atoms with Crippen molar-refractivity contribution < 1.29 is 4.79 Å². The standard InChI is InChI=1S/C18H24N4O/c1-3-18(4-2)9-10-21(12-18)17(23)11-15-5-7-16(8-6-15)22-13-19-20-14-22/h5-8,13-14H,3-4,9-12H2,1-2H3. The van der Waals surface area contributed by atoms with Crippen molar-refractivity contribution in [3.05, 3.63) is 42.5 Å². The molecule has 1 saturated heterocycles. The molecule has 1 amide bonds. The van der Waals surface area contributed by atoms with Crippen LogP contribution in [-0.2, 0) is 11.2 Å². The fourth-order valence-electron chi connectivity index (χ4n) is 3.38. The van der Waals surface area contributed by atoms with Crippen molar-refractivity contribution in [2.24, 2.45) is 5.41 Å². The van der Waals surface area contributed by atoms with Crippen molar-refractivity contribution >= 4 is 5.91 Å². The second-order valence-corrected chi connectivity index (χ2v) is 6.48. The van der Waals surface area contributed by atoms with Gasteiger partial charge in [0.25, 0.3) is 0 Å². The summed E-state index contributed by atoms with van der Waals surface area (Å²) in [5.74, 6) is 0.242. The Balaban J connectivity index is 1.62. The molecule has 2 heterocycles. The van der Waals surface area contributed by atoms with E-state index in [1.165, 1.54) is 0 Å². The third kappa shape index (κ3) is 3.28. The quantitative estimate of drug-likeness (QED) is 0.853. The van der Waals surface area contributed by atoms with Gasteiger partial charge in [-0.15, -0.1) is 10.2 Å². The van der Waals surface area contributed by atoms with Crippen molar-refractivity contribution in [2.45, 2.75) is 39.5 Å². The molecule has 0 bridgehead atoms. The van der Waals surface area contributed by atoms with E-state index in [0.717, 1.165) is 43.6 Å². The molecule has 0 atom stereocenters. The molecule has 1 aliphatic heterocycles. The zero-order valence-corrected chi connectivity index (χ0v) is 13.9. The molecule has 1 aromatic heterocycles. The molecule has 0 unspecified atom stereocenters. The second kappa shape index (κ2) is 6.52. The molecule has 0 aliphatic carbocycles. The van der Waals surface area contributed by atoms with Gasteiger partial charge in [0.2, 0.25) is 5.91 Å². The zero-order chi connectivity index (χ0) is 16.3. The van der Waals surface area contributed by atoms with Crippen molar-refractivity contribution in [3.8, 4) is 5.69 Å². The van der Waals surface area contributed by atoms with E-state index in [9.17, 15) is 4.79 Å². The summed E-state index contributed by atoms with van der Waals surface area (Å²) < 4.78 is 1.85. The number of hydrogen-bond acceptors (Lipinski definition) is 3. The van der Waals surface area contributed by atoms with Gasteiger partial charge in [-0.3, -0.25) is 9.36 Å². The highest BCUT2D eigenvalue weighted by atomic mass is 16.2. The molecule has 0 N–H and O–H groups in total. The Morgan fingerprint density at radius 2 is 1.78 bits per heavy atom. The first-order chi connectivity index (χ1) is 11.2. The van der Waals surface area contributed by atoms with Crippen LogP contribution in [-0.4, -0.2) is 38.7 Å². The van der Waals surface area contributed by atoms with E-state index in [0.29, 0.717) is 11.8 Å². The van der Waals surface area contributed by atoms with Gasteiger partial charge in [-0.1, -0.05) is 26.0 Å². The molecule has 0 spiro atoms. The molecule has 1 aliphatic rings. The minimum Gasteiger partial charge on any atom is -0.342 e. The van der Waals surface area contributed by atoms with Gasteiger partial charge in [-0.2, -0.15) is 0 Å². The number of likely N-dealkylation sites (tertiary alicyclic amines) is 1. The summed E-state index contributed by atoms with van der Waals surface area (Å²) in [6.07, 6.45) is 7.26. The molecular formula is C18H24N4O. The highest BCUT2D eigenvalue weighted by Crippen LogP contribution is 2.37. The van der Waals surface area contributed by atoms with Gasteiger partial charge in [0.05, 0.1) is 6.42 Å². The molecule has 23 heavy (non-hydrogen) atoms. The van der Waals surface area contributed by atoms with Crippen LogP contribution >= 0.6 is 0 Å². The molecule has 5 nitrogen and oxygen atoms in total. The third-order valence-electron chi connectivity index (χ3n) is 5.30. The monoisotopic (exact) mass is 312 g/mol. The van der Waals surface area contributed by atoms with E-state index in [-0.39, 0.29) is 5.91 Å². The van der Waals surface area contributed by atoms with Crippen LogP contribution < -0.4 is 0 Å². The van der Waals surface area contributed by atoms with Crippen LogP contribution in [0.5, 0.6) is 0 Å². The maximum atomic E-state index is 12.5. The maximum Gasteiger partial charge on any atom is 0.227 e. The second-order valence-electron chi connectivity index (χ2n) is 6.48. The molecule has 1 aromatic carbocycles. The average Bonchev–Trinajstić information content (AvgIpc) is 3.26. The summed E-state index contributed by atoms with van der Waals surface area (Å²) in [6, 6.07) is 8.02. The number of carbonyl (C=O) groups excluding carboxylic acids is 1. The van der Waals surface area contributed by atoms with Gasteiger partial charge < -0.3 is 4.90 Å². The van der Waals surface area contributed by atoms with Crippen LogP contribution in [0.25, 0.3) is 5.69 Å². The lowest BCUT2D eigenvalue weighted by molar-refractivity contribution is -0.129. The largest absolute Gasteiger partial charge is 0.342 e. The first kappa shape index (κ1) is 15.7. The Hall–Kier alpha value is -2.17. The van der Waals surface area contributed by atoms with E-state index < -0.39 is 0 Å². The highest BCUT2D eigenvalue weighted by molar-refractivity contribution is 5.79. The number of aromatic nitrogens is 3. The van der Waals surface area contributed by atoms with Gasteiger partial charge >= 0.3 is 0 Å². The summed E-state index contributed by atoms with van der Waals surface area (Å²) in [5.41, 5.74) is 2.40. The Bertz CT molecular complexity index is 644. The minimum atomic E-state index is 0.242. The molecule has 0 saturated carbocycles. The predicted molar refractivity (Wildman–Crippen MR) is 89.3 cm³/mol. The molecule has 2 aromatic rings. The van der Waals surface area contributed by atoms with Crippen molar-refractivity contribution in [3.63, 3.8) is 0 Å². The zero-order valence-electron chi connectivity index (χ0n) is 13.9. The van der Waals surface area contributed by atoms with Gasteiger partial charge in [0.1, 0.15) is 12.7 Å². The predicted octanol–water partition coefficient (Wildman–Crippen LogP) is 2.85. The van der Waals surface area contributed by atoms with E-state index in [2.05, 4.69) is 24.0 Å². The summed E-state index contributed by atoms with van der Waals surface area (Å²) >= 11 is 0. The first-order valence-corrected chi connectivity index (χ1v) is 8.37. The molecular weight excluding hydrogens is 288 g/mol. The van der Waals surface area contributed by atoms with Crippen LogP contribution in [0.1, 0.15) is 38.7 Å². The smallest absolute Gasteiger partial charge is 0.227 e. The number of rotatable bonds is 5. The Morgan fingerprint density at radius 1 is 1.13 bits per heavy atom. The molecule has 5 heteroatoms. The lowest BCUT2D eigenvalue weighted by Crippen LogP contribution is -2.32. The summed E-state index contributed by atoms with van der Waals surface area (Å²) in [7, 11) is 0. The Morgan fingerprint density at radius 3 is 2.35 bits per heavy atom. The van der Waals surface area contributed by atoms with Gasteiger partial charge in [-0.05, 0) is 42.4 Å². The van der Waals surface area contributed by atoms with Gasteiger partial charge in [0.15, 0.2) is 0 Å². The van der Waals surface area contributed by atoms with Crippen molar-refractivity contribution in [1.82, 2.24) is 19.7 Å². The van der Waals surface area contributed by atoms with E-state index >= 15 is 0 Å². The summed E-state index contributed by atoms with van der Waals surface area (Å²) in [4.78, 5) is 14.6. The van der Waals surface area contributed by atoms with E-state index in [1.807, 2.05) is 33.7 Å².